The molecule has 1 amide bonds. The predicted octanol–water partition coefficient (Wildman–Crippen LogP) is 2.99. The van der Waals surface area contributed by atoms with Gasteiger partial charge in [-0.25, -0.2) is 0 Å². The van der Waals surface area contributed by atoms with Crippen molar-refractivity contribution < 1.29 is 9.53 Å². The van der Waals surface area contributed by atoms with Crippen LogP contribution in [0.3, 0.4) is 0 Å². The lowest BCUT2D eigenvalue weighted by atomic mass is 10.1. The van der Waals surface area contributed by atoms with Crippen molar-refractivity contribution in [3.8, 4) is 5.75 Å². The Morgan fingerprint density at radius 1 is 1.39 bits per heavy atom. The van der Waals surface area contributed by atoms with E-state index in [0.717, 1.165) is 30.7 Å². The molecule has 3 nitrogen and oxygen atoms in total. The van der Waals surface area contributed by atoms with Crippen LogP contribution in [0, 0.1) is 13.8 Å². The number of aryl methyl sites for hydroxylation is 2. The Bertz CT molecular complexity index is 401. The van der Waals surface area contributed by atoms with Gasteiger partial charge in [0.1, 0.15) is 5.75 Å². The van der Waals surface area contributed by atoms with Crippen molar-refractivity contribution in [3.05, 3.63) is 29.3 Å². The highest BCUT2D eigenvalue weighted by atomic mass is 16.5. The lowest BCUT2D eigenvalue weighted by Gasteiger charge is -2.16. The fourth-order valence-electron chi connectivity index (χ4n) is 1.71. The van der Waals surface area contributed by atoms with Crippen molar-refractivity contribution in [1.82, 2.24) is 5.32 Å². The minimum atomic E-state index is -0.455. The van der Waals surface area contributed by atoms with Crippen LogP contribution in [0.4, 0.5) is 0 Å². The minimum absolute atomic E-state index is 0.0524. The number of hydrogen-bond donors (Lipinski definition) is 1. The molecule has 1 atom stereocenters. The van der Waals surface area contributed by atoms with Crippen molar-refractivity contribution in [2.45, 2.75) is 46.6 Å². The third-order valence-electron chi connectivity index (χ3n) is 2.83. The van der Waals surface area contributed by atoms with Crippen molar-refractivity contribution in [2.75, 3.05) is 6.54 Å². The van der Waals surface area contributed by atoms with Gasteiger partial charge in [-0.15, -0.1) is 0 Å². The van der Waals surface area contributed by atoms with Crippen LogP contribution >= 0.6 is 0 Å². The van der Waals surface area contributed by atoms with Gasteiger partial charge in [0, 0.05) is 6.54 Å². The zero-order valence-corrected chi connectivity index (χ0v) is 11.7. The summed E-state index contributed by atoms with van der Waals surface area (Å²) in [6.07, 6.45) is 1.62. The molecular formula is C15H23NO2. The molecule has 0 fully saturated rings. The van der Waals surface area contributed by atoms with Crippen LogP contribution in [0.2, 0.25) is 0 Å². The number of hydrogen-bond acceptors (Lipinski definition) is 2. The largest absolute Gasteiger partial charge is 0.481 e. The van der Waals surface area contributed by atoms with Gasteiger partial charge < -0.3 is 10.1 Å². The van der Waals surface area contributed by atoms with Gasteiger partial charge >= 0.3 is 0 Å². The predicted molar refractivity (Wildman–Crippen MR) is 73.9 cm³/mol. The Morgan fingerprint density at radius 2 is 2.11 bits per heavy atom. The number of carbonyl (C=O) groups excluding carboxylic acids is 1. The second-order valence-corrected chi connectivity index (χ2v) is 4.67. The summed E-state index contributed by atoms with van der Waals surface area (Å²) in [5, 5.41) is 2.87. The first-order valence-electron chi connectivity index (χ1n) is 6.56. The van der Waals surface area contributed by atoms with E-state index in [2.05, 4.69) is 18.3 Å². The van der Waals surface area contributed by atoms with Crippen molar-refractivity contribution in [3.63, 3.8) is 0 Å². The van der Waals surface area contributed by atoms with Crippen molar-refractivity contribution in [2.24, 2.45) is 0 Å². The average Bonchev–Trinajstić information content (AvgIpc) is 2.32. The van der Waals surface area contributed by atoms with Gasteiger partial charge in [-0.1, -0.05) is 31.0 Å². The zero-order chi connectivity index (χ0) is 13.5. The summed E-state index contributed by atoms with van der Waals surface area (Å²) >= 11 is 0. The van der Waals surface area contributed by atoms with Gasteiger partial charge in [0.25, 0.3) is 5.91 Å². The topological polar surface area (TPSA) is 38.3 Å². The summed E-state index contributed by atoms with van der Waals surface area (Å²) in [6, 6.07) is 5.96. The zero-order valence-electron chi connectivity index (χ0n) is 11.7. The Morgan fingerprint density at radius 3 is 2.72 bits per heavy atom. The van der Waals surface area contributed by atoms with E-state index in [1.165, 1.54) is 5.56 Å². The van der Waals surface area contributed by atoms with Gasteiger partial charge in [0.05, 0.1) is 0 Å². The number of rotatable bonds is 6. The van der Waals surface area contributed by atoms with Crippen LogP contribution in [0.1, 0.15) is 37.8 Å². The first-order valence-corrected chi connectivity index (χ1v) is 6.56. The Kier molecular flexibility index (Phi) is 5.69. The summed E-state index contributed by atoms with van der Waals surface area (Å²) in [4.78, 5) is 11.8. The minimum Gasteiger partial charge on any atom is -0.481 e. The molecule has 100 valence electrons. The van der Waals surface area contributed by atoms with Crippen LogP contribution in [0.15, 0.2) is 18.2 Å². The molecule has 0 aromatic heterocycles. The fraction of sp³-hybridized carbons (Fsp3) is 0.533. The number of ether oxygens (including phenoxy) is 1. The molecule has 1 rings (SSSR count). The molecule has 0 saturated heterocycles. The van der Waals surface area contributed by atoms with Gasteiger partial charge in [0.15, 0.2) is 6.10 Å². The Hall–Kier alpha value is -1.51. The normalized spacial score (nSPS) is 12.0. The number of amides is 1. The number of carbonyl (C=O) groups is 1. The molecule has 0 unspecified atom stereocenters. The molecule has 1 aromatic carbocycles. The van der Waals surface area contributed by atoms with Crippen LogP contribution in [-0.2, 0) is 4.79 Å². The summed E-state index contributed by atoms with van der Waals surface area (Å²) in [5.41, 5.74) is 2.25. The molecule has 0 bridgehead atoms. The Labute approximate surface area is 110 Å². The maximum Gasteiger partial charge on any atom is 0.260 e. The van der Waals surface area contributed by atoms with E-state index < -0.39 is 6.10 Å². The maximum absolute atomic E-state index is 11.8. The standard InChI is InChI=1S/C15H23NO2/c1-5-6-9-16-15(17)13(4)18-14-8-7-11(2)10-12(14)3/h7-8,10,13H,5-6,9H2,1-4H3,(H,16,17)/t13-/m0/s1. The molecule has 1 N–H and O–H groups in total. The van der Waals surface area contributed by atoms with Crippen molar-refractivity contribution >= 4 is 5.91 Å². The average molecular weight is 249 g/mol. The van der Waals surface area contributed by atoms with E-state index in [9.17, 15) is 4.79 Å². The maximum atomic E-state index is 11.8. The summed E-state index contributed by atoms with van der Waals surface area (Å²) in [7, 11) is 0. The second-order valence-electron chi connectivity index (χ2n) is 4.67. The molecule has 0 aliphatic heterocycles. The summed E-state index contributed by atoms with van der Waals surface area (Å²) in [5.74, 6) is 0.724. The van der Waals surface area contributed by atoms with E-state index in [-0.39, 0.29) is 5.91 Å². The van der Waals surface area contributed by atoms with Crippen LogP contribution < -0.4 is 10.1 Å². The summed E-state index contributed by atoms with van der Waals surface area (Å²) in [6.45, 7) is 8.62. The number of unbranched alkanes of at least 4 members (excludes halogenated alkanes) is 1. The van der Waals surface area contributed by atoms with Gasteiger partial charge in [-0.3, -0.25) is 4.79 Å². The molecular weight excluding hydrogens is 226 g/mol. The molecule has 1 aromatic rings. The molecule has 18 heavy (non-hydrogen) atoms. The smallest absolute Gasteiger partial charge is 0.260 e. The van der Waals surface area contributed by atoms with Crippen molar-refractivity contribution in [1.29, 1.82) is 0 Å². The third kappa shape index (κ3) is 4.40. The highest BCUT2D eigenvalue weighted by Gasteiger charge is 2.14. The van der Waals surface area contributed by atoms with E-state index in [1.807, 2.05) is 26.0 Å². The van der Waals surface area contributed by atoms with Gasteiger partial charge in [-0.2, -0.15) is 0 Å². The van der Waals surface area contributed by atoms with Gasteiger partial charge in [0.2, 0.25) is 0 Å². The van der Waals surface area contributed by atoms with E-state index in [4.69, 9.17) is 4.74 Å². The van der Waals surface area contributed by atoms with Gasteiger partial charge in [-0.05, 0) is 38.8 Å². The Balaban J connectivity index is 2.53. The third-order valence-corrected chi connectivity index (χ3v) is 2.83. The van der Waals surface area contributed by atoms with Crippen LogP contribution in [-0.4, -0.2) is 18.6 Å². The van der Waals surface area contributed by atoms with Crippen LogP contribution in [0.5, 0.6) is 5.75 Å². The fourth-order valence-corrected chi connectivity index (χ4v) is 1.71. The van der Waals surface area contributed by atoms with Crippen LogP contribution in [0.25, 0.3) is 0 Å². The lowest BCUT2D eigenvalue weighted by molar-refractivity contribution is -0.127. The highest BCUT2D eigenvalue weighted by Crippen LogP contribution is 2.19. The summed E-state index contributed by atoms with van der Waals surface area (Å²) < 4.78 is 5.68. The molecule has 3 heteroatoms. The molecule has 0 heterocycles. The lowest BCUT2D eigenvalue weighted by Crippen LogP contribution is -2.36. The SMILES string of the molecule is CCCCNC(=O)[C@H](C)Oc1ccc(C)cc1C. The molecule has 0 spiro atoms. The molecule has 0 radical (unpaired) electrons. The van der Waals surface area contributed by atoms with E-state index in [0.29, 0.717) is 0 Å². The molecule has 0 aliphatic rings. The number of nitrogens with one attached hydrogen (secondary N) is 1. The van der Waals surface area contributed by atoms with E-state index in [1.54, 1.807) is 6.92 Å². The first kappa shape index (κ1) is 14.6. The second kappa shape index (κ2) is 7.04. The number of benzene rings is 1. The van der Waals surface area contributed by atoms with E-state index >= 15 is 0 Å². The first-order chi connectivity index (χ1) is 8.54. The highest BCUT2D eigenvalue weighted by molar-refractivity contribution is 5.80. The molecule has 0 saturated carbocycles. The molecule has 0 aliphatic carbocycles. The monoisotopic (exact) mass is 249 g/mol. The quantitative estimate of drug-likeness (QED) is 0.787.